The molecular formula is C14H15N3O. The zero-order valence-corrected chi connectivity index (χ0v) is 10.4. The molecule has 1 aromatic carbocycles. The van der Waals surface area contributed by atoms with Crippen LogP contribution in [0.1, 0.15) is 10.4 Å². The number of para-hydroxylation sites is 1. The summed E-state index contributed by atoms with van der Waals surface area (Å²) < 4.78 is 0. The van der Waals surface area contributed by atoms with Crippen molar-refractivity contribution in [3.63, 3.8) is 0 Å². The number of hydrogen-bond donors (Lipinski definition) is 0. The maximum atomic E-state index is 12.2. The van der Waals surface area contributed by atoms with Crippen molar-refractivity contribution in [1.29, 1.82) is 0 Å². The van der Waals surface area contributed by atoms with Gasteiger partial charge in [-0.15, -0.1) is 0 Å². The molecule has 0 spiro atoms. The van der Waals surface area contributed by atoms with Gasteiger partial charge in [-0.05, 0) is 24.3 Å². The first-order valence-corrected chi connectivity index (χ1v) is 5.67. The van der Waals surface area contributed by atoms with Gasteiger partial charge in [0.1, 0.15) is 0 Å². The summed E-state index contributed by atoms with van der Waals surface area (Å²) in [5, 5.41) is 3.36. The van der Waals surface area contributed by atoms with Crippen LogP contribution in [0.25, 0.3) is 0 Å². The maximum absolute atomic E-state index is 12.2. The molecule has 18 heavy (non-hydrogen) atoms. The number of hydrazine groups is 1. The fourth-order valence-electron chi connectivity index (χ4n) is 1.63. The van der Waals surface area contributed by atoms with Crippen molar-refractivity contribution >= 4 is 11.6 Å². The third kappa shape index (κ3) is 2.48. The first-order chi connectivity index (χ1) is 8.70. The van der Waals surface area contributed by atoms with Gasteiger partial charge in [0.2, 0.25) is 0 Å². The normalized spacial score (nSPS) is 9.89. The van der Waals surface area contributed by atoms with E-state index in [4.69, 9.17) is 0 Å². The second kappa shape index (κ2) is 5.31. The molecule has 92 valence electrons. The first-order valence-electron chi connectivity index (χ1n) is 5.67. The van der Waals surface area contributed by atoms with E-state index in [1.807, 2.05) is 37.4 Å². The molecule has 0 saturated heterocycles. The van der Waals surface area contributed by atoms with Gasteiger partial charge >= 0.3 is 0 Å². The van der Waals surface area contributed by atoms with E-state index in [0.717, 1.165) is 5.69 Å². The number of anilines is 1. The van der Waals surface area contributed by atoms with Gasteiger partial charge in [-0.2, -0.15) is 0 Å². The number of benzene rings is 1. The van der Waals surface area contributed by atoms with Gasteiger partial charge in [0.15, 0.2) is 0 Å². The number of pyridine rings is 1. The monoisotopic (exact) mass is 241 g/mol. The molecule has 0 aliphatic heterocycles. The lowest BCUT2D eigenvalue weighted by Gasteiger charge is -2.30. The minimum Gasteiger partial charge on any atom is -0.286 e. The molecule has 0 atom stereocenters. The van der Waals surface area contributed by atoms with Crippen LogP contribution >= 0.6 is 0 Å². The van der Waals surface area contributed by atoms with Crippen LogP contribution in [0.3, 0.4) is 0 Å². The number of aromatic nitrogens is 1. The summed E-state index contributed by atoms with van der Waals surface area (Å²) in [7, 11) is 3.59. The van der Waals surface area contributed by atoms with Gasteiger partial charge in [-0.3, -0.25) is 19.8 Å². The van der Waals surface area contributed by atoms with Crippen LogP contribution < -0.4 is 5.01 Å². The van der Waals surface area contributed by atoms with E-state index in [-0.39, 0.29) is 5.91 Å². The van der Waals surface area contributed by atoms with E-state index in [1.54, 1.807) is 41.6 Å². The van der Waals surface area contributed by atoms with Crippen molar-refractivity contribution in [3.05, 3.63) is 60.4 Å². The highest BCUT2D eigenvalue weighted by Crippen LogP contribution is 2.14. The second-order valence-corrected chi connectivity index (χ2v) is 3.93. The average Bonchev–Trinajstić information content (AvgIpc) is 2.47. The number of amides is 1. The van der Waals surface area contributed by atoms with Crippen molar-refractivity contribution in [2.24, 2.45) is 0 Å². The van der Waals surface area contributed by atoms with E-state index < -0.39 is 0 Å². The third-order valence-corrected chi connectivity index (χ3v) is 2.78. The number of carbonyl (C=O) groups is 1. The lowest BCUT2D eigenvalue weighted by Crippen LogP contribution is -2.41. The number of rotatable bonds is 3. The third-order valence-electron chi connectivity index (χ3n) is 2.78. The Balaban J connectivity index is 2.17. The summed E-state index contributed by atoms with van der Waals surface area (Å²) in [5.41, 5.74) is 1.53. The molecule has 0 N–H and O–H groups in total. The fourth-order valence-corrected chi connectivity index (χ4v) is 1.63. The maximum Gasteiger partial charge on any atom is 0.273 e. The smallest absolute Gasteiger partial charge is 0.273 e. The summed E-state index contributed by atoms with van der Waals surface area (Å²) in [4.78, 5) is 16.2. The van der Waals surface area contributed by atoms with Crippen LogP contribution in [0.4, 0.5) is 5.69 Å². The van der Waals surface area contributed by atoms with Gasteiger partial charge in [0, 0.05) is 26.5 Å². The molecule has 0 unspecified atom stereocenters. The lowest BCUT2D eigenvalue weighted by molar-refractivity contribution is 0.0786. The molecule has 0 fully saturated rings. The Bertz CT molecular complexity index is 513. The Kier molecular flexibility index (Phi) is 3.57. The number of hydrogen-bond acceptors (Lipinski definition) is 3. The van der Waals surface area contributed by atoms with Crippen molar-refractivity contribution in [3.8, 4) is 0 Å². The van der Waals surface area contributed by atoms with Crippen LogP contribution in [0.15, 0.2) is 54.9 Å². The average molecular weight is 241 g/mol. The highest BCUT2D eigenvalue weighted by Gasteiger charge is 2.15. The zero-order chi connectivity index (χ0) is 13.0. The highest BCUT2D eigenvalue weighted by molar-refractivity contribution is 5.94. The van der Waals surface area contributed by atoms with E-state index >= 15 is 0 Å². The summed E-state index contributed by atoms with van der Waals surface area (Å²) in [6.45, 7) is 0. The van der Waals surface area contributed by atoms with Gasteiger partial charge in [-0.1, -0.05) is 18.2 Å². The van der Waals surface area contributed by atoms with E-state index in [9.17, 15) is 4.79 Å². The topological polar surface area (TPSA) is 36.4 Å². The summed E-state index contributed by atoms with van der Waals surface area (Å²) in [6, 6.07) is 13.2. The van der Waals surface area contributed by atoms with E-state index in [1.165, 1.54) is 0 Å². The van der Waals surface area contributed by atoms with Crippen LogP contribution in [0.2, 0.25) is 0 Å². The Hall–Kier alpha value is -2.36. The molecule has 4 heteroatoms. The summed E-state index contributed by atoms with van der Waals surface area (Å²) in [6.07, 6.45) is 3.22. The van der Waals surface area contributed by atoms with Crippen molar-refractivity contribution < 1.29 is 4.79 Å². The fraction of sp³-hybridized carbons (Fsp3) is 0.143. The van der Waals surface area contributed by atoms with E-state index in [2.05, 4.69) is 4.98 Å². The summed E-state index contributed by atoms with van der Waals surface area (Å²) in [5.74, 6) is -0.0885. The molecule has 1 aromatic heterocycles. The number of nitrogens with zero attached hydrogens (tertiary/aromatic N) is 3. The molecule has 2 rings (SSSR count). The highest BCUT2D eigenvalue weighted by atomic mass is 16.2. The molecule has 0 bridgehead atoms. The molecule has 0 saturated carbocycles. The standard InChI is InChI=1S/C14H15N3O/c1-16(13-8-4-3-5-9-13)17(2)14(18)12-7-6-10-15-11-12/h3-11H,1-2H3. The van der Waals surface area contributed by atoms with Crippen LogP contribution in [0.5, 0.6) is 0 Å². The quantitative estimate of drug-likeness (QED) is 0.773. The molecule has 0 radical (unpaired) electrons. The van der Waals surface area contributed by atoms with Crippen LogP contribution in [-0.2, 0) is 0 Å². The van der Waals surface area contributed by atoms with Gasteiger partial charge in [-0.25, -0.2) is 0 Å². The number of carbonyl (C=O) groups excluding carboxylic acids is 1. The lowest BCUT2D eigenvalue weighted by atomic mass is 10.2. The van der Waals surface area contributed by atoms with Crippen molar-refractivity contribution in [1.82, 2.24) is 9.99 Å². The van der Waals surface area contributed by atoms with Gasteiger partial charge in [0.25, 0.3) is 5.91 Å². The predicted octanol–water partition coefficient (Wildman–Crippen LogP) is 2.21. The minimum absolute atomic E-state index is 0.0885. The molecule has 1 amide bonds. The Morgan fingerprint density at radius 3 is 2.39 bits per heavy atom. The van der Waals surface area contributed by atoms with E-state index in [0.29, 0.717) is 5.56 Å². The van der Waals surface area contributed by atoms with Crippen LogP contribution in [-0.4, -0.2) is 30.0 Å². The second-order valence-electron chi connectivity index (χ2n) is 3.93. The largest absolute Gasteiger partial charge is 0.286 e. The molecule has 0 aliphatic carbocycles. The molecule has 1 heterocycles. The van der Waals surface area contributed by atoms with Gasteiger partial charge in [0.05, 0.1) is 11.3 Å². The van der Waals surface area contributed by atoms with Crippen LogP contribution in [0, 0.1) is 0 Å². The zero-order valence-electron chi connectivity index (χ0n) is 10.4. The minimum atomic E-state index is -0.0885. The Morgan fingerprint density at radius 1 is 1.06 bits per heavy atom. The molecular weight excluding hydrogens is 226 g/mol. The molecule has 4 nitrogen and oxygen atoms in total. The van der Waals surface area contributed by atoms with Crippen molar-refractivity contribution in [2.45, 2.75) is 0 Å². The van der Waals surface area contributed by atoms with Crippen molar-refractivity contribution in [2.75, 3.05) is 19.1 Å². The Labute approximate surface area is 106 Å². The molecule has 2 aromatic rings. The molecule has 0 aliphatic rings. The first kappa shape index (κ1) is 12.1. The SMILES string of the molecule is CN(C(=O)c1cccnc1)N(C)c1ccccc1. The predicted molar refractivity (Wildman–Crippen MR) is 71.2 cm³/mol. The van der Waals surface area contributed by atoms with Gasteiger partial charge < -0.3 is 0 Å². The Morgan fingerprint density at radius 2 is 1.78 bits per heavy atom. The summed E-state index contributed by atoms with van der Waals surface area (Å²) >= 11 is 0.